The number of rotatable bonds is 7. The normalized spacial score (nSPS) is 18.2. The Morgan fingerprint density at radius 1 is 1.35 bits per heavy atom. The molecule has 4 nitrogen and oxygen atoms in total. The van der Waals surface area contributed by atoms with Crippen molar-refractivity contribution in [2.24, 2.45) is 5.92 Å². The summed E-state index contributed by atoms with van der Waals surface area (Å²) in [6.45, 7) is 7.71. The van der Waals surface area contributed by atoms with Crippen molar-refractivity contribution >= 4 is 5.91 Å². The fourth-order valence-electron chi connectivity index (χ4n) is 2.28. The first-order chi connectivity index (χ1) is 8.26. The van der Waals surface area contributed by atoms with Gasteiger partial charge in [-0.05, 0) is 51.4 Å². The highest BCUT2D eigenvalue weighted by molar-refractivity contribution is 5.75. The average molecular weight is 241 g/mol. The van der Waals surface area contributed by atoms with E-state index in [1.165, 1.54) is 19.3 Å². The quantitative estimate of drug-likeness (QED) is 0.649. The minimum Gasteiger partial charge on any atom is -0.359 e. The van der Waals surface area contributed by atoms with Crippen LogP contribution < -0.4 is 10.6 Å². The molecule has 1 heterocycles. The molecule has 0 aromatic carbocycles. The van der Waals surface area contributed by atoms with E-state index in [0.717, 1.165) is 38.6 Å². The van der Waals surface area contributed by atoms with Crippen molar-refractivity contribution in [3.63, 3.8) is 0 Å². The summed E-state index contributed by atoms with van der Waals surface area (Å²) < 4.78 is 0. The molecule has 2 N–H and O–H groups in total. The lowest BCUT2D eigenvalue weighted by Gasteiger charge is -2.31. The third-order valence-electron chi connectivity index (χ3n) is 3.50. The molecule has 0 aliphatic carbocycles. The lowest BCUT2D eigenvalue weighted by Crippen LogP contribution is -2.39. The highest BCUT2D eigenvalue weighted by atomic mass is 16.1. The number of hydrogen-bond donors (Lipinski definition) is 2. The molecule has 0 radical (unpaired) electrons. The summed E-state index contributed by atoms with van der Waals surface area (Å²) in [6, 6.07) is 0. The lowest BCUT2D eigenvalue weighted by atomic mass is 9.96. The first kappa shape index (κ1) is 14.5. The van der Waals surface area contributed by atoms with Crippen molar-refractivity contribution in [2.45, 2.75) is 32.6 Å². The maximum Gasteiger partial charge on any atom is 0.221 e. The second kappa shape index (κ2) is 8.48. The topological polar surface area (TPSA) is 44.4 Å². The van der Waals surface area contributed by atoms with Crippen LogP contribution in [-0.4, -0.2) is 50.6 Å². The number of carbonyl (C=O) groups is 1. The van der Waals surface area contributed by atoms with Crippen LogP contribution in [0.3, 0.4) is 0 Å². The zero-order valence-electron chi connectivity index (χ0n) is 11.3. The van der Waals surface area contributed by atoms with E-state index in [9.17, 15) is 4.79 Å². The molecular weight excluding hydrogens is 214 g/mol. The number of piperidine rings is 1. The Kier molecular flexibility index (Phi) is 7.21. The summed E-state index contributed by atoms with van der Waals surface area (Å²) in [5, 5.41) is 6.17. The Hall–Kier alpha value is -0.610. The van der Waals surface area contributed by atoms with Gasteiger partial charge in [0.15, 0.2) is 0 Å². The fourth-order valence-corrected chi connectivity index (χ4v) is 2.28. The van der Waals surface area contributed by atoms with Crippen LogP contribution in [0.5, 0.6) is 0 Å². The molecule has 1 amide bonds. The Morgan fingerprint density at radius 2 is 2.06 bits per heavy atom. The second-order valence-electron chi connectivity index (χ2n) is 4.91. The maximum atomic E-state index is 11.1. The average Bonchev–Trinajstić information content (AvgIpc) is 2.37. The van der Waals surface area contributed by atoms with Crippen LogP contribution in [0.1, 0.15) is 32.6 Å². The van der Waals surface area contributed by atoms with E-state index in [1.54, 1.807) is 7.05 Å². The number of nitrogens with zero attached hydrogens (tertiary/aromatic N) is 1. The van der Waals surface area contributed by atoms with Crippen molar-refractivity contribution in [2.75, 3.05) is 39.8 Å². The summed E-state index contributed by atoms with van der Waals surface area (Å²) in [4.78, 5) is 13.6. The Balaban J connectivity index is 2.07. The summed E-state index contributed by atoms with van der Waals surface area (Å²) in [6.07, 6.45) is 4.38. The summed E-state index contributed by atoms with van der Waals surface area (Å²) >= 11 is 0. The van der Waals surface area contributed by atoms with Gasteiger partial charge in [-0.25, -0.2) is 0 Å². The summed E-state index contributed by atoms with van der Waals surface area (Å²) in [5.74, 6) is 0.981. The van der Waals surface area contributed by atoms with Crippen molar-refractivity contribution in [3.05, 3.63) is 0 Å². The molecule has 0 unspecified atom stereocenters. The van der Waals surface area contributed by atoms with Gasteiger partial charge in [-0.1, -0.05) is 6.92 Å². The number of likely N-dealkylation sites (tertiary alicyclic amines) is 1. The molecule has 17 heavy (non-hydrogen) atoms. The predicted molar refractivity (Wildman–Crippen MR) is 71.0 cm³/mol. The van der Waals surface area contributed by atoms with Crippen LogP contribution in [0, 0.1) is 5.92 Å². The van der Waals surface area contributed by atoms with E-state index < -0.39 is 0 Å². The minimum absolute atomic E-state index is 0.150. The molecule has 1 rings (SSSR count). The molecule has 100 valence electrons. The van der Waals surface area contributed by atoms with Crippen LogP contribution >= 0.6 is 0 Å². The molecule has 1 aliphatic rings. The maximum absolute atomic E-state index is 11.1. The molecule has 1 aliphatic heterocycles. The standard InChI is InChI=1S/C13H27N3O/c1-3-7-15-11-12-4-8-16(9-5-12)10-6-13(17)14-2/h12,15H,3-11H2,1-2H3,(H,14,17). The highest BCUT2D eigenvalue weighted by Crippen LogP contribution is 2.16. The van der Waals surface area contributed by atoms with E-state index in [2.05, 4.69) is 22.5 Å². The predicted octanol–water partition coefficient (Wildman–Crippen LogP) is 0.834. The van der Waals surface area contributed by atoms with Gasteiger partial charge in [0.25, 0.3) is 0 Å². The van der Waals surface area contributed by atoms with E-state index >= 15 is 0 Å². The Labute approximate surface area is 105 Å². The van der Waals surface area contributed by atoms with E-state index in [4.69, 9.17) is 0 Å². The Morgan fingerprint density at radius 3 is 2.65 bits per heavy atom. The van der Waals surface area contributed by atoms with E-state index in [0.29, 0.717) is 6.42 Å². The molecule has 0 bridgehead atoms. The summed E-state index contributed by atoms with van der Waals surface area (Å²) in [7, 11) is 1.70. The van der Waals surface area contributed by atoms with Crippen LogP contribution in [0.2, 0.25) is 0 Å². The molecule has 1 fully saturated rings. The minimum atomic E-state index is 0.150. The van der Waals surface area contributed by atoms with Crippen molar-refractivity contribution in [1.82, 2.24) is 15.5 Å². The lowest BCUT2D eigenvalue weighted by molar-refractivity contribution is -0.121. The second-order valence-corrected chi connectivity index (χ2v) is 4.91. The van der Waals surface area contributed by atoms with Gasteiger partial charge in [-0.15, -0.1) is 0 Å². The van der Waals surface area contributed by atoms with Gasteiger partial charge < -0.3 is 15.5 Å². The van der Waals surface area contributed by atoms with E-state index in [1.807, 2.05) is 0 Å². The van der Waals surface area contributed by atoms with Crippen molar-refractivity contribution < 1.29 is 4.79 Å². The van der Waals surface area contributed by atoms with Crippen LogP contribution in [0.25, 0.3) is 0 Å². The van der Waals surface area contributed by atoms with Crippen LogP contribution in [0.4, 0.5) is 0 Å². The van der Waals surface area contributed by atoms with Crippen molar-refractivity contribution in [3.8, 4) is 0 Å². The van der Waals surface area contributed by atoms with E-state index in [-0.39, 0.29) is 5.91 Å². The molecule has 0 aromatic rings. The number of hydrogen-bond acceptors (Lipinski definition) is 3. The number of amides is 1. The summed E-state index contributed by atoms with van der Waals surface area (Å²) in [5.41, 5.74) is 0. The van der Waals surface area contributed by atoms with Gasteiger partial charge in [0, 0.05) is 20.0 Å². The zero-order valence-corrected chi connectivity index (χ0v) is 11.3. The molecule has 0 aromatic heterocycles. The van der Waals surface area contributed by atoms with Gasteiger partial charge >= 0.3 is 0 Å². The van der Waals surface area contributed by atoms with Crippen LogP contribution in [0.15, 0.2) is 0 Å². The Bertz CT molecular complexity index is 213. The SMILES string of the molecule is CCCNCC1CCN(CCC(=O)NC)CC1. The molecular formula is C13H27N3O. The smallest absolute Gasteiger partial charge is 0.221 e. The van der Waals surface area contributed by atoms with Gasteiger partial charge in [0.05, 0.1) is 0 Å². The largest absolute Gasteiger partial charge is 0.359 e. The first-order valence-electron chi connectivity index (χ1n) is 6.90. The fraction of sp³-hybridized carbons (Fsp3) is 0.923. The van der Waals surface area contributed by atoms with Gasteiger partial charge in [0.1, 0.15) is 0 Å². The highest BCUT2D eigenvalue weighted by Gasteiger charge is 2.18. The third kappa shape index (κ3) is 6.03. The first-order valence-corrected chi connectivity index (χ1v) is 6.90. The van der Waals surface area contributed by atoms with Gasteiger partial charge in [-0.3, -0.25) is 4.79 Å². The molecule has 4 heteroatoms. The third-order valence-corrected chi connectivity index (χ3v) is 3.50. The van der Waals surface area contributed by atoms with Crippen molar-refractivity contribution in [1.29, 1.82) is 0 Å². The van der Waals surface area contributed by atoms with Gasteiger partial charge in [-0.2, -0.15) is 0 Å². The number of carbonyl (C=O) groups excluding carboxylic acids is 1. The molecule has 0 atom stereocenters. The number of nitrogens with one attached hydrogen (secondary N) is 2. The molecule has 0 saturated carbocycles. The zero-order chi connectivity index (χ0) is 12.5. The monoisotopic (exact) mass is 241 g/mol. The van der Waals surface area contributed by atoms with Gasteiger partial charge in [0.2, 0.25) is 5.91 Å². The molecule has 1 saturated heterocycles. The van der Waals surface area contributed by atoms with Crippen LogP contribution in [-0.2, 0) is 4.79 Å². The molecule has 0 spiro atoms.